The summed E-state index contributed by atoms with van der Waals surface area (Å²) in [4.78, 5) is 20.5. The molecule has 0 fully saturated rings. The maximum atomic E-state index is 13.0. The third-order valence-corrected chi connectivity index (χ3v) is 6.19. The van der Waals surface area contributed by atoms with E-state index in [1.54, 1.807) is 36.4 Å². The van der Waals surface area contributed by atoms with Crippen molar-refractivity contribution >= 4 is 56.0 Å². The zero-order chi connectivity index (χ0) is 22.9. The first kappa shape index (κ1) is 21.5. The lowest BCUT2D eigenvalue weighted by Gasteiger charge is -2.15. The van der Waals surface area contributed by atoms with Gasteiger partial charge in [0.1, 0.15) is 0 Å². The second kappa shape index (κ2) is 8.45. The molecule has 0 unspecified atom stereocenters. The highest BCUT2D eigenvalue weighted by Crippen LogP contribution is 2.30. The standard InChI is InChI=1S/C22H17ClN4O4S/c1-13-6-9-15(10-7-13)32(30,31)27-21-20(24-17-4-2-3-5-18(17)25-21)26-19-12-14(23)8-11-16(19)22(28)29/h2-12H,1H3,(H,24,26)(H,25,27)(H,28,29). The first-order valence-electron chi connectivity index (χ1n) is 9.39. The van der Waals surface area contributed by atoms with E-state index in [9.17, 15) is 18.3 Å². The highest BCUT2D eigenvalue weighted by atomic mass is 35.5. The Bertz CT molecular complexity index is 1440. The van der Waals surface area contributed by atoms with Gasteiger partial charge in [-0.1, -0.05) is 41.4 Å². The molecule has 8 nitrogen and oxygen atoms in total. The Labute approximate surface area is 189 Å². The molecule has 162 valence electrons. The molecule has 0 aliphatic rings. The normalized spacial score (nSPS) is 11.3. The van der Waals surface area contributed by atoms with E-state index in [2.05, 4.69) is 20.0 Å². The number of anilines is 3. The molecular weight excluding hydrogens is 452 g/mol. The summed E-state index contributed by atoms with van der Waals surface area (Å²) in [6.45, 7) is 1.85. The van der Waals surface area contributed by atoms with E-state index < -0.39 is 16.0 Å². The number of fused-ring (bicyclic) bond motifs is 1. The van der Waals surface area contributed by atoms with Crippen molar-refractivity contribution in [3.05, 3.63) is 82.9 Å². The Kier molecular flexibility index (Phi) is 5.68. The van der Waals surface area contributed by atoms with Gasteiger partial charge in [0.25, 0.3) is 10.0 Å². The maximum absolute atomic E-state index is 13.0. The van der Waals surface area contributed by atoms with Crippen LogP contribution in [0.2, 0.25) is 5.02 Å². The van der Waals surface area contributed by atoms with E-state index in [-0.39, 0.29) is 27.8 Å². The van der Waals surface area contributed by atoms with Gasteiger partial charge in [-0.05, 0) is 49.4 Å². The van der Waals surface area contributed by atoms with Crippen LogP contribution in [0.4, 0.5) is 17.3 Å². The van der Waals surface area contributed by atoms with Crippen molar-refractivity contribution in [3.63, 3.8) is 0 Å². The molecule has 0 saturated carbocycles. The second-order valence-corrected chi connectivity index (χ2v) is 9.07. The molecule has 10 heteroatoms. The van der Waals surface area contributed by atoms with Crippen molar-refractivity contribution in [2.75, 3.05) is 10.0 Å². The summed E-state index contributed by atoms with van der Waals surface area (Å²) in [6, 6.07) is 17.5. The van der Waals surface area contributed by atoms with Gasteiger partial charge in [0.05, 0.1) is 27.2 Å². The quantitative estimate of drug-likeness (QED) is 0.370. The monoisotopic (exact) mass is 468 g/mol. The van der Waals surface area contributed by atoms with Crippen LogP contribution in [-0.2, 0) is 10.0 Å². The summed E-state index contributed by atoms with van der Waals surface area (Å²) in [5.74, 6) is -1.23. The largest absolute Gasteiger partial charge is 0.478 e. The fourth-order valence-electron chi connectivity index (χ4n) is 3.00. The van der Waals surface area contributed by atoms with Gasteiger partial charge in [0, 0.05) is 5.02 Å². The van der Waals surface area contributed by atoms with E-state index in [4.69, 9.17) is 11.6 Å². The van der Waals surface area contributed by atoms with Gasteiger partial charge in [-0.15, -0.1) is 0 Å². The number of aromatic nitrogens is 2. The minimum absolute atomic E-state index is 0.0316. The Morgan fingerprint density at radius 1 is 0.938 bits per heavy atom. The molecule has 4 rings (SSSR count). The number of nitrogens with one attached hydrogen (secondary N) is 2. The molecule has 0 amide bonds. The van der Waals surface area contributed by atoms with Gasteiger partial charge in [0.2, 0.25) is 0 Å². The van der Waals surface area contributed by atoms with Crippen LogP contribution >= 0.6 is 11.6 Å². The molecular formula is C22H17ClN4O4S. The summed E-state index contributed by atoms with van der Waals surface area (Å²) < 4.78 is 28.4. The zero-order valence-electron chi connectivity index (χ0n) is 16.7. The van der Waals surface area contributed by atoms with Crippen molar-refractivity contribution < 1.29 is 18.3 Å². The summed E-state index contributed by atoms with van der Waals surface area (Å²) in [5.41, 5.74) is 1.96. The minimum Gasteiger partial charge on any atom is -0.478 e. The number of aromatic carboxylic acids is 1. The fraction of sp³-hybridized carbons (Fsp3) is 0.0455. The van der Waals surface area contributed by atoms with Crippen molar-refractivity contribution in [1.82, 2.24) is 9.97 Å². The number of carboxylic acid groups (broad SMARTS) is 1. The van der Waals surface area contributed by atoms with Crippen LogP contribution in [0.25, 0.3) is 11.0 Å². The maximum Gasteiger partial charge on any atom is 0.337 e. The smallest absolute Gasteiger partial charge is 0.337 e. The Hall–Kier alpha value is -3.69. The SMILES string of the molecule is Cc1ccc(S(=O)(=O)Nc2nc3ccccc3nc2Nc2cc(Cl)ccc2C(=O)O)cc1. The van der Waals surface area contributed by atoms with Crippen LogP contribution in [0.5, 0.6) is 0 Å². The zero-order valence-corrected chi connectivity index (χ0v) is 18.3. The number of aryl methyl sites for hydroxylation is 1. The fourth-order valence-corrected chi connectivity index (χ4v) is 4.18. The van der Waals surface area contributed by atoms with Crippen LogP contribution in [-0.4, -0.2) is 29.5 Å². The predicted molar refractivity (Wildman–Crippen MR) is 123 cm³/mol. The molecule has 0 aliphatic heterocycles. The first-order valence-corrected chi connectivity index (χ1v) is 11.3. The average Bonchev–Trinajstić information content (AvgIpc) is 2.74. The number of hydrogen-bond donors (Lipinski definition) is 3. The molecule has 4 aromatic rings. The number of halogens is 1. The van der Waals surface area contributed by atoms with Crippen LogP contribution in [0.1, 0.15) is 15.9 Å². The summed E-state index contributed by atoms with van der Waals surface area (Å²) in [5, 5.41) is 12.7. The van der Waals surface area contributed by atoms with Gasteiger partial charge in [-0.2, -0.15) is 0 Å². The third kappa shape index (κ3) is 4.48. The van der Waals surface area contributed by atoms with E-state index in [1.165, 1.54) is 30.3 Å². The summed E-state index contributed by atoms with van der Waals surface area (Å²) in [7, 11) is -3.98. The van der Waals surface area contributed by atoms with Crippen LogP contribution in [0, 0.1) is 6.92 Å². The number of carbonyl (C=O) groups is 1. The number of sulfonamides is 1. The topological polar surface area (TPSA) is 121 Å². The van der Waals surface area contributed by atoms with Crippen molar-refractivity contribution in [2.24, 2.45) is 0 Å². The number of carboxylic acids is 1. The summed E-state index contributed by atoms with van der Waals surface area (Å²) >= 11 is 6.04. The highest BCUT2D eigenvalue weighted by Gasteiger charge is 2.20. The third-order valence-electron chi connectivity index (χ3n) is 4.60. The van der Waals surface area contributed by atoms with Gasteiger partial charge in [-0.25, -0.2) is 23.2 Å². The van der Waals surface area contributed by atoms with Gasteiger partial charge in [-0.3, -0.25) is 4.72 Å². The number of benzene rings is 3. The Morgan fingerprint density at radius 3 is 2.19 bits per heavy atom. The lowest BCUT2D eigenvalue weighted by atomic mass is 10.2. The van der Waals surface area contributed by atoms with Crippen LogP contribution in [0.3, 0.4) is 0 Å². The predicted octanol–water partition coefficient (Wildman–Crippen LogP) is 4.83. The van der Waals surface area contributed by atoms with Gasteiger partial charge >= 0.3 is 5.97 Å². The molecule has 0 spiro atoms. The van der Waals surface area contributed by atoms with Crippen molar-refractivity contribution in [2.45, 2.75) is 11.8 Å². The molecule has 0 aliphatic carbocycles. The van der Waals surface area contributed by atoms with Gasteiger partial charge < -0.3 is 10.4 Å². The van der Waals surface area contributed by atoms with E-state index in [0.29, 0.717) is 16.1 Å². The van der Waals surface area contributed by atoms with E-state index >= 15 is 0 Å². The number of para-hydroxylation sites is 2. The summed E-state index contributed by atoms with van der Waals surface area (Å²) in [6.07, 6.45) is 0. The molecule has 1 aromatic heterocycles. The highest BCUT2D eigenvalue weighted by molar-refractivity contribution is 7.92. The molecule has 0 atom stereocenters. The van der Waals surface area contributed by atoms with Crippen LogP contribution < -0.4 is 10.0 Å². The van der Waals surface area contributed by atoms with Crippen molar-refractivity contribution in [1.29, 1.82) is 0 Å². The van der Waals surface area contributed by atoms with Crippen LogP contribution in [0.15, 0.2) is 71.6 Å². The van der Waals surface area contributed by atoms with E-state index in [1.807, 2.05) is 6.92 Å². The number of hydrogen-bond acceptors (Lipinski definition) is 6. The Balaban J connectivity index is 1.82. The molecule has 0 radical (unpaired) electrons. The Morgan fingerprint density at radius 2 is 1.56 bits per heavy atom. The molecule has 3 N–H and O–H groups in total. The second-order valence-electron chi connectivity index (χ2n) is 6.95. The average molecular weight is 469 g/mol. The number of nitrogens with zero attached hydrogens (tertiary/aromatic N) is 2. The molecule has 0 bridgehead atoms. The minimum atomic E-state index is -3.98. The lowest BCUT2D eigenvalue weighted by Crippen LogP contribution is -2.16. The molecule has 0 saturated heterocycles. The first-order chi connectivity index (χ1) is 15.2. The molecule has 1 heterocycles. The number of rotatable bonds is 6. The molecule has 32 heavy (non-hydrogen) atoms. The van der Waals surface area contributed by atoms with Gasteiger partial charge in [0.15, 0.2) is 11.6 Å². The van der Waals surface area contributed by atoms with Crippen molar-refractivity contribution in [3.8, 4) is 0 Å². The lowest BCUT2D eigenvalue weighted by molar-refractivity contribution is 0.0698. The van der Waals surface area contributed by atoms with E-state index in [0.717, 1.165) is 5.56 Å². The molecule has 3 aromatic carbocycles.